The second-order valence-corrected chi connectivity index (χ2v) is 6.23. The Morgan fingerprint density at radius 2 is 2.00 bits per heavy atom. The van der Waals surface area contributed by atoms with Crippen LogP contribution in [0.2, 0.25) is 10.2 Å². The van der Waals surface area contributed by atoms with Gasteiger partial charge in [-0.3, -0.25) is 4.90 Å². The Hall–Kier alpha value is -0.310. The Morgan fingerprint density at radius 1 is 1.17 bits per heavy atom. The molecule has 0 aromatic carbocycles. The molecule has 0 N–H and O–H groups in total. The lowest BCUT2D eigenvalue weighted by atomic mass is 9.92. The van der Waals surface area contributed by atoms with Gasteiger partial charge in [0, 0.05) is 12.6 Å². The average molecular weight is 285 g/mol. The van der Waals surface area contributed by atoms with E-state index >= 15 is 0 Å². The van der Waals surface area contributed by atoms with Crippen molar-refractivity contribution in [3.05, 3.63) is 28.0 Å². The minimum absolute atomic E-state index is 0.536. The van der Waals surface area contributed by atoms with E-state index in [2.05, 4.69) is 9.88 Å². The molecule has 98 valence electrons. The molecule has 2 heterocycles. The zero-order valence-electron chi connectivity index (χ0n) is 10.4. The van der Waals surface area contributed by atoms with Crippen molar-refractivity contribution in [3.8, 4) is 0 Å². The van der Waals surface area contributed by atoms with Crippen LogP contribution in [0.3, 0.4) is 0 Å². The van der Waals surface area contributed by atoms with Gasteiger partial charge in [0.15, 0.2) is 0 Å². The molecular formula is C14H18Cl2N2. The van der Waals surface area contributed by atoms with Crippen LogP contribution in [0, 0.1) is 5.92 Å². The van der Waals surface area contributed by atoms with Gasteiger partial charge in [0.25, 0.3) is 0 Å². The summed E-state index contributed by atoms with van der Waals surface area (Å²) in [6.07, 6.45) is 6.82. The van der Waals surface area contributed by atoms with Crippen molar-refractivity contribution >= 4 is 23.2 Å². The van der Waals surface area contributed by atoms with Gasteiger partial charge in [-0.15, -0.1) is 0 Å². The van der Waals surface area contributed by atoms with E-state index in [1.165, 1.54) is 38.6 Å². The lowest BCUT2D eigenvalue weighted by Gasteiger charge is -2.37. The van der Waals surface area contributed by atoms with Crippen LogP contribution in [0.25, 0.3) is 0 Å². The molecule has 1 saturated carbocycles. The number of pyridine rings is 1. The van der Waals surface area contributed by atoms with E-state index in [0.29, 0.717) is 5.15 Å². The van der Waals surface area contributed by atoms with E-state index in [4.69, 9.17) is 23.2 Å². The lowest BCUT2D eigenvalue weighted by molar-refractivity contribution is 0.104. The van der Waals surface area contributed by atoms with E-state index in [1.807, 2.05) is 6.07 Å². The molecule has 2 unspecified atom stereocenters. The maximum Gasteiger partial charge on any atom is 0.129 e. The van der Waals surface area contributed by atoms with Crippen molar-refractivity contribution < 1.29 is 0 Å². The van der Waals surface area contributed by atoms with Crippen molar-refractivity contribution in [3.63, 3.8) is 0 Å². The largest absolute Gasteiger partial charge is 0.294 e. The molecule has 1 aromatic rings. The van der Waals surface area contributed by atoms with Gasteiger partial charge < -0.3 is 0 Å². The number of aromatic nitrogens is 1. The minimum Gasteiger partial charge on any atom is -0.294 e. The van der Waals surface area contributed by atoms with Crippen LogP contribution in [0.5, 0.6) is 0 Å². The van der Waals surface area contributed by atoms with Gasteiger partial charge in [0.05, 0.1) is 10.7 Å². The summed E-state index contributed by atoms with van der Waals surface area (Å²) >= 11 is 12.2. The Kier molecular flexibility index (Phi) is 3.78. The van der Waals surface area contributed by atoms with Crippen LogP contribution >= 0.6 is 23.2 Å². The SMILES string of the molecule is Clc1ccc(Cl)c(CN2CCCC3CCCC32)n1. The monoisotopic (exact) mass is 284 g/mol. The maximum absolute atomic E-state index is 6.21. The van der Waals surface area contributed by atoms with E-state index in [1.54, 1.807) is 6.07 Å². The average Bonchev–Trinajstić information content (AvgIpc) is 2.83. The molecule has 2 nitrogen and oxygen atoms in total. The minimum atomic E-state index is 0.536. The van der Waals surface area contributed by atoms with E-state index in [-0.39, 0.29) is 0 Å². The first-order chi connectivity index (χ1) is 8.74. The highest BCUT2D eigenvalue weighted by molar-refractivity contribution is 6.32. The topological polar surface area (TPSA) is 16.1 Å². The highest BCUT2D eigenvalue weighted by atomic mass is 35.5. The Morgan fingerprint density at radius 3 is 2.89 bits per heavy atom. The number of hydrogen-bond acceptors (Lipinski definition) is 2. The first kappa shape index (κ1) is 12.7. The fourth-order valence-electron chi connectivity index (χ4n) is 3.51. The first-order valence-electron chi connectivity index (χ1n) is 6.79. The zero-order valence-corrected chi connectivity index (χ0v) is 11.9. The van der Waals surface area contributed by atoms with Gasteiger partial charge in [-0.05, 0) is 50.3 Å². The Labute approximate surface area is 118 Å². The molecule has 0 bridgehead atoms. The Balaban J connectivity index is 1.77. The molecule has 4 heteroatoms. The molecule has 1 saturated heterocycles. The molecule has 1 aromatic heterocycles. The quantitative estimate of drug-likeness (QED) is 0.759. The van der Waals surface area contributed by atoms with Gasteiger partial charge in [-0.25, -0.2) is 4.98 Å². The number of likely N-dealkylation sites (tertiary alicyclic amines) is 1. The Bertz CT molecular complexity index is 436. The van der Waals surface area contributed by atoms with Crippen LogP contribution < -0.4 is 0 Å². The normalized spacial score (nSPS) is 28.3. The van der Waals surface area contributed by atoms with Crippen LogP contribution in [0.4, 0.5) is 0 Å². The van der Waals surface area contributed by atoms with Crippen molar-refractivity contribution in [1.29, 1.82) is 0 Å². The summed E-state index contributed by atoms with van der Waals surface area (Å²) in [5.41, 5.74) is 0.928. The number of halogens is 2. The summed E-state index contributed by atoms with van der Waals surface area (Å²) < 4.78 is 0. The second kappa shape index (κ2) is 5.36. The van der Waals surface area contributed by atoms with Gasteiger partial charge in [-0.2, -0.15) is 0 Å². The number of hydrogen-bond donors (Lipinski definition) is 0. The van der Waals surface area contributed by atoms with Crippen molar-refractivity contribution in [1.82, 2.24) is 9.88 Å². The number of piperidine rings is 1. The molecule has 2 atom stereocenters. The van der Waals surface area contributed by atoms with E-state index < -0.39 is 0 Å². The van der Waals surface area contributed by atoms with Gasteiger partial charge in [-0.1, -0.05) is 29.6 Å². The van der Waals surface area contributed by atoms with Crippen LogP contribution in [-0.2, 0) is 6.54 Å². The molecule has 0 amide bonds. The number of nitrogens with zero attached hydrogens (tertiary/aromatic N) is 2. The smallest absolute Gasteiger partial charge is 0.129 e. The molecular weight excluding hydrogens is 267 g/mol. The van der Waals surface area contributed by atoms with E-state index in [0.717, 1.165) is 29.2 Å². The number of rotatable bonds is 2. The predicted octanol–water partition coefficient (Wildman–Crippen LogP) is 4.15. The van der Waals surface area contributed by atoms with Crippen molar-refractivity contribution in [2.45, 2.75) is 44.7 Å². The highest BCUT2D eigenvalue weighted by Gasteiger charge is 2.35. The summed E-state index contributed by atoms with van der Waals surface area (Å²) in [4.78, 5) is 6.93. The highest BCUT2D eigenvalue weighted by Crippen LogP contribution is 2.37. The molecule has 0 spiro atoms. The van der Waals surface area contributed by atoms with Crippen LogP contribution in [-0.4, -0.2) is 22.5 Å². The lowest BCUT2D eigenvalue weighted by Crippen LogP contribution is -2.42. The summed E-state index contributed by atoms with van der Waals surface area (Å²) in [6.45, 7) is 2.02. The van der Waals surface area contributed by atoms with Gasteiger partial charge in [0.1, 0.15) is 5.15 Å². The third-order valence-electron chi connectivity index (χ3n) is 4.35. The molecule has 1 aliphatic heterocycles. The fourth-order valence-corrected chi connectivity index (χ4v) is 3.84. The van der Waals surface area contributed by atoms with Crippen LogP contribution in [0.1, 0.15) is 37.8 Å². The standard InChI is InChI=1S/C14H18Cl2N2/c15-11-6-7-14(16)17-12(11)9-18-8-2-4-10-3-1-5-13(10)18/h6-7,10,13H,1-5,8-9H2. The molecule has 0 radical (unpaired) electrons. The van der Waals surface area contributed by atoms with Crippen LogP contribution in [0.15, 0.2) is 12.1 Å². The third-order valence-corrected chi connectivity index (χ3v) is 4.90. The first-order valence-corrected chi connectivity index (χ1v) is 7.54. The summed E-state index contributed by atoms with van der Waals surface area (Å²) in [5.74, 6) is 0.900. The van der Waals surface area contributed by atoms with Crippen molar-refractivity contribution in [2.24, 2.45) is 5.92 Å². The summed E-state index contributed by atoms with van der Waals surface area (Å²) in [6, 6.07) is 4.35. The second-order valence-electron chi connectivity index (χ2n) is 5.43. The van der Waals surface area contributed by atoms with Crippen molar-refractivity contribution in [2.75, 3.05) is 6.54 Å². The van der Waals surface area contributed by atoms with Gasteiger partial charge in [0.2, 0.25) is 0 Å². The fraction of sp³-hybridized carbons (Fsp3) is 0.643. The molecule has 3 rings (SSSR count). The number of fused-ring (bicyclic) bond motifs is 1. The predicted molar refractivity (Wildman–Crippen MR) is 75.0 cm³/mol. The molecule has 2 aliphatic rings. The van der Waals surface area contributed by atoms with Gasteiger partial charge >= 0.3 is 0 Å². The molecule has 18 heavy (non-hydrogen) atoms. The third kappa shape index (κ3) is 2.52. The molecule has 1 aliphatic carbocycles. The van der Waals surface area contributed by atoms with E-state index in [9.17, 15) is 0 Å². The zero-order chi connectivity index (χ0) is 12.5. The summed E-state index contributed by atoms with van der Waals surface area (Å²) in [7, 11) is 0. The maximum atomic E-state index is 6.21. The summed E-state index contributed by atoms with van der Waals surface area (Å²) in [5, 5.41) is 1.27. The molecule has 2 fully saturated rings.